The second-order valence-corrected chi connectivity index (χ2v) is 5.18. The number of carbonyl (C=O) groups excluding carboxylic acids is 3. The Morgan fingerprint density at radius 3 is 2.85 bits per heavy atom. The van der Waals surface area contributed by atoms with E-state index in [-0.39, 0.29) is 0 Å². The maximum absolute atomic E-state index is 13.4. The highest BCUT2D eigenvalue weighted by molar-refractivity contribution is 5.93. The summed E-state index contributed by atoms with van der Waals surface area (Å²) >= 11 is 0. The van der Waals surface area contributed by atoms with Gasteiger partial charge in [0.05, 0.1) is 9.60 Å². The third-order valence-corrected chi connectivity index (χ3v) is 3.36. The first kappa shape index (κ1) is 7.31. The third kappa shape index (κ3) is 4.40. The molecule has 0 fully saturated rings. The summed E-state index contributed by atoms with van der Waals surface area (Å²) in [4.78, 5) is 39.7. The molecule has 3 N–H and O–H groups in total. The van der Waals surface area contributed by atoms with Gasteiger partial charge in [0.25, 0.3) is 0 Å². The highest BCUT2D eigenvalue weighted by Gasteiger charge is 2.32. The largest absolute Gasteiger partial charge is 0.383 e. The van der Waals surface area contributed by atoms with E-state index in [2.05, 4.69) is 0 Å². The van der Waals surface area contributed by atoms with Gasteiger partial charge in [0.2, 0.25) is 17.7 Å². The van der Waals surface area contributed by atoms with Gasteiger partial charge in [0.15, 0.2) is 0 Å². The average molecular weight is 378 g/mol. The van der Waals surface area contributed by atoms with Crippen LogP contribution in [0.4, 0.5) is 0 Å². The topological polar surface area (TPSA) is 98.7 Å². The van der Waals surface area contributed by atoms with Gasteiger partial charge in [-0.15, -0.1) is 0 Å². The molecule has 1 heterocycles. The van der Waals surface area contributed by atoms with Gasteiger partial charge in [-0.1, -0.05) is 37.9 Å². The maximum atomic E-state index is 13.4. The molecule has 0 saturated carbocycles. The first-order chi connectivity index (χ1) is 18.4. The summed E-state index contributed by atoms with van der Waals surface area (Å²) in [6, 6.07) is -10.1. The zero-order valence-corrected chi connectivity index (χ0v) is 13.8. The van der Waals surface area contributed by atoms with Gasteiger partial charge in [-0.2, -0.15) is 0 Å². The number of nitrogens with zero attached hydrogens (tertiary/aromatic N) is 1. The van der Waals surface area contributed by atoms with Gasteiger partial charge in [-0.25, -0.2) is 0 Å². The molecule has 0 bridgehead atoms. The average Bonchev–Trinajstić information content (AvgIpc) is 2.87. The zero-order chi connectivity index (χ0) is 33.4. The Kier molecular flexibility index (Phi) is 2.34. The van der Waals surface area contributed by atoms with Crippen molar-refractivity contribution in [1.82, 2.24) is 15.5 Å². The molecule has 1 aromatic carbocycles. The van der Waals surface area contributed by atoms with Crippen LogP contribution in [-0.4, -0.2) is 53.4 Å². The van der Waals surface area contributed by atoms with Gasteiger partial charge in [0.1, 0.15) is 18.1 Å². The van der Waals surface area contributed by atoms with E-state index in [0.717, 1.165) is 7.05 Å². The van der Waals surface area contributed by atoms with Crippen molar-refractivity contribution in [3.63, 3.8) is 0 Å². The standard InChI is InChI=1S/C19H27N3O4/c1-11(2)16(23)18(25)20-12(3)17(24)21-15-14-8-6-5-7-13(14)9-10-22(4)19(15)26/h5-8,11-12,15-16,23H,9-10H2,1-4H3,(H,20,25)(H,21,24)/t12-,15-,16-/m0/s1/i1D3,2D3,5D,6D,7D,8D,10D2,11D,12D,15D,16D. The molecule has 0 aromatic heterocycles. The zero-order valence-electron chi connectivity index (χ0n) is 29.8. The molecule has 1 aromatic rings. The molecule has 3 atom stereocenters. The monoisotopic (exact) mass is 377 g/mol. The Hall–Kier alpha value is -2.41. The van der Waals surface area contributed by atoms with Gasteiger partial charge in [0, 0.05) is 25.9 Å². The van der Waals surface area contributed by atoms with Crippen molar-refractivity contribution in [2.75, 3.05) is 13.5 Å². The van der Waals surface area contributed by atoms with E-state index in [1.807, 2.05) is 0 Å². The van der Waals surface area contributed by atoms with Crippen LogP contribution in [0.2, 0.25) is 0 Å². The predicted octanol–water partition coefficient (Wildman–Crippen LogP) is 0.380. The molecule has 1 aliphatic heterocycles. The van der Waals surface area contributed by atoms with Crippen LogP contribution >= 0.6 is 0 Å². The highest BCUT2D eigenvalue weighted by atomic mass is 16.3. The molecular weight excluding hydrogens is 334 g/mol. The summed E-state index contributed by atoms with van der Waals surface area (Å²) in [6.07, 6.45) is -5.20. The molecule has 3 amide bonds. The number of fused-ring (bicyclic) bond motifs is 1. The summed E-state index contributed by atoms with van der Waals surface area (Å²) in [7, 11) is 0.874. The molecule has 142 valence electrons. The lowest BCUT2D eigenvalue weighted by Crippen LogP contribution is -2.51. The molecule has 2 rings (SSSR count). The van der Waals surface area contributed by atoms with Crippen molar-refractivity contribution in [3.05, 3.63) is 35.3 Å². The predicted molar refractivity (Wildman–Crippen MR) is 97.1 cm³/mol. The molecule has 0 unspecified atom stereocenters. The summed E-state index contributed by atoms with van der Waals surface area (Å²) < 4.78 is 126. The lowest BCUT2D eigenvalue weighted by Gasteiger charge is -2.24. The molecule has 0 saturated heterocycles. The Morgan fingerprint density at radius 1 is 1.46 bits per heavy atom. The van der Waals surface area contributed by atoms with Crippen LogP contribution in [0, 0.1) is 5.89 Å². The van der Waals surface area contributed by atoms with Crippen molar-refractivity contribution in [3.8, 4) is 0 Å². The minimum atomic E-state index is -4.34. The normalized spacial score (nSPS) is 36.9. The minimum absolute atomic E-state index is 0.343. The second kappa shape index (κ2) is 8.31. The minimum Gasteiger partial charge on any atom is -0.383 e. The van der Waals surface area contributed by atoms with Crippen LogP contribution < -0.4 is 10.6 Å². The molecule has 7 heteroatoms. The number of hydrogen-bond acceptors (Lipinski definition) is 4. The third-order valence-electron chi connectivity index (χ3n) is 3.36. The van der Waals surface area contributed by atoms with Crippen molar-refractivity contribution < 1.29 is 41.4 Å². The maximum Gasteiger partial charge on any atom is 0.249 e. The van der Waals surface area contributed by atoms with Crippen molar-refractivity contribution >= 4 is 17.7 Å². The SMILES string of the molecule is [2H]c1c([2H])c([2H])c2c(c1[2H])CC([2H])([2H])N(C)C(=O)[C@@]2([2H])NC(=O)[C@]([2H])(C)NC(=O)[C@@]([2H])(O)C([2H])(C([2H])([2H])[2H])C([2H])([2H])[2H]. The molecule has 0 radical (unpaired) electrons. The number of nitrogens with one attached hydrogen (secondary N) is 2. The fourth-order valence-corrected chi connectivity index (χ4v) is 1.95. The van der Waals surface area contributed by atoms with E-state index < -0.39 is 104 Å². The summed E-state index contributed by atoms with van der Waals surface area (Å²) in [5.41, 5.74) is -1.45. The number of likely N-dealkylation sites (N-methyl/N-ethyl adjacent to an activating group) is 1. The second-order valence-electron chi connectivity index (χ2n) is 5.18. The van der Waals surface area contributed by atoms with Gasteiger partial charge in [-0.05, 0) is 30.4 Å². The lowest BCUT2D eigenvalue weighted by atomic mass is 9.99. The van der Waals surface area contributed by atoms with Gasteiger partial charge >= 0.3 is 0 Å². The Bertz CT molecular complexity index is 1310. The summed E-state index contributed by atoms with van der Waals surface area (Å²) in [6.45, 7) is -10.1. The van der Waals surface area contributed by atoms with E-state index in [4.69, 9.17) is 21.9 Å². The van der Waals surface area contributed by atoms with Gasteiger partial charge < -0.3 is 20.6 Å². The van der Waals surface area contributed by atoms with E-state index >= 15 is 0 Å². The van der Waals surface area contributed by atoms with E-state index in [0.29, 0.717) is 11.8 Å². The van der Waals surface area contributed by atoms with Crippen LogP contribution in [-0.2, 0) is 20.8 Å². The number of amides is 3. The summed E-state index contributed by atoms with van der Waals surface area (Å²) in [5.74, 6) is -9.91. The Labute approximate surface area is 176 Å². The van der Waals surface area contributed by atoms with Crippen LogP contribution in [0.25, 0.3) is 0 Å². The van der Waals surface area contributed by atoms with Crippen LogP contribution in [0.15, 0.2) is 24.2 Å². The van der Waals surface area contributed by atoms with Crippen LogP contribution in [0.1, 0.15) is 59.7 Å². The molecule has 26 heavy (non-hydrogen) atoms. The summed E-state index contributed by atoms with van der Waals surface area (Å²) in [5, 5.41) is 13.6. The molecular formula is C19H27N3O4. The van der Waals surface area contributed by atoms with E-state index in [9.17, 15) is 19.5 Å². The van der Waals surface area contributed by atoms with E-state index in [1.165, 1.54) is 5.32 Å². The van der Waals surface area contributed by atoms with Gasteiger partial charge in [-0.3, -0.25) is 14.4 Å². The Morgan fingerprint density at radius 2 is 2.15 bits per heavy atom. The molecule has 0 spiro atoms. The smallest absolute Gasteiger partial charge is 0.249 e. The number of aliphatic hydroxyl groups is 1. The fraction of sp³-hybridized carbons (Fsp3) is 0.526. The van der Waals surface area contributed by atoms with Crippen molar-refractivity contribution in [2.24, 2.45) is 5.89 Å². The number of hydrogen-bond donors (Lipinski definition) is 3. The highest BCUT2D eigenvalue weighted by Crippen LogP contribution is 2.24. The van der Waals surface area contributed by atoms with Crippen molar-refractivity contribution in [2.45, 2.75) is 45.2 Å². The molecule has 1 aliphatic rings. The van der Waals surface area contributed by atoms with Crippen LogP contribution in [0.3, 0.4) is 0 Å². The quantitative estimate of drug-likeness (QED) is 0.691. The molecule has 0 aliphatic carbocycles. The van der Waals surface area contributed by atoms with E-state index in [1.54, 1.807) is 5.32 Å². The number of rotatable bonds is 5. The number of carbonyl (C=O) groups is 3. The first-order valence-electron chi connectivity index (χ1n) is 15.2. The lowest BCUT2D eigenvalue weighted by molar-refractivity contribution is -0.137. The van der Waals surface area contributed by atoms with Crippen molar-refractivity contribution in [1.29, 1.82) is 0 Å². The van der Waals surface area contributed by atoms with Crippen LogP contribution in [0.5, 0.6) is 0 Å². The Balaban J connectivity index is 2.65. The molecule has 7 nitrogen and oxygen atoms in total. The fourth-order valence-electron chi connectivity index (χ4n) is 1.95. The number of benzene rings is 1. The first-order valence-corrected chi connectivity index (χ1v) is 7.19.